The highest BCUT2D eigenvalue weighted by Gasteiger charge is 2.34. The van der Waals surface area contributed by atoms with Gasteiger partial charge in [0.15, 0.2) is 17.3 Å². The van der Waals surface area contributed by atoms with Crippen molar-refractivity contribution in [1.29, 1.82) is 0 Å². The van der Waals surface area contributed by atoms with E-state index in [9.17, 15) is 9.59 Å². The van der Waals surface area contributed by atoms with Gasteiger partial charge in [-0.05, 0) is 74.3 Å². The van der Waals surface area contributed by atoms with Crippen LogP contribution in [0, 0.1) is 18.3 Å². The summed E-state index contributed by atoms with van der Waals surface area (Å²) in [5.41, 5.74) is 7.01. The zero-order valence-corrected chi connectivity index (χ0v) is 27.1. The molecule has 1 saturated heterocycles. The largest absolute Gasteiger partial charge is 0.493 e. The average molecular weight is 622 g/mol. The third-order valence-corrected chi connectivity index (χ3v) is 10.7. The van der Waals surface area contributed by atoms with Crippen LogP contribution in [0.1, 0.15) is 61.4 Å². The van der Waals surface area contributed by atoms with Crippen LogP contribution in [0.15, 0.2) is 74.8 Å². The summed E-state index contributed by atoms with van der Waals surface area (Å²) < 4.78 is 13.4. The van der Waals surface area contributed by atoms with Crippen LogP contribution in [0.5, 0.6) is 5.75 Å². The summed E-state index contributed by atoms with van der Waals surface area (Å²) in [5, 5.41) is 1.97. The quantitative estimate of drug-likeness (QED) is 0.159. The number of allylic oxidation sites excluding steroid dienone is 7. The van der Waals surface area contributed by atoms with Crippen molar-refractivity contribution >= 4 is 38.9 Å². The topological polar surface area (TPSA) is 63.0 Å². The molecule has 1 aromatic carbocycles. The molecule has 2 aromatic heterocycles. The van der Waals surface area contributed by atoms with Gasteiger partial charge in [0.1, 0.15) is 10.4 Å². The molecule has 0 bridgehead atoms. The van der Waals surface area contributed by atoms with Gasteiger partial charge < -0.3 is 19.0 Å². The van der Waals surface area contributed by atoms with Crippen molar-refractivity contribution in [3.8, 4) is 16.9 Å². The number of fused-ring (bicyclic) bond motifs is 2. The molecule has 7 heteroatoms. The highest BCUT2D eigenvalue weighted by atomic mass is 32.1. The van der Waals surface area contributed by atoms with E-state index in [0.29, 0.717) is 40.0 Å². The fourth-order valence-electron chi connectivity index (χ4n) is 6.91. The summed E-state index contributed by atoms with van der Waals surface area (Å²) in [6, 6.07) is 5.59. The number of benzene rings is 1. The number of nitrogens with zero attached hydrogens (tertiary/aromatic N) is 2. The maximum atomic E-state index is 14.2. The minimum atomic E-state index is -0.0396. The van der Waals surface area contributed by atoms with Crippen LogP contribution in [-0.2, 0) is 0 Å². The maximum Gasteiger partial charge on any atom is 0.204 e. The van der Waals surface area contributed by atoms with E-state index >= 15 is 0 Å². The Hall–Kier alpha value is -3.68. The summed E-state index contributed by atoms with van der Waals surface area (Å²) in [4.78, 5) is 31.8. The van der Waals surface area contributed by atoms with Gasteiger partial charge in [-0.3, -0.25) is 9.59 Å². The Labute approximate surface area is 269 Å². The minimum absolute atomic E-state index is 0.0356. The molecule has 7 rings (SSSR count). The number of Topliss-reactive ketones (excluding diaryl/α,β-unsaturated/α-hetero) is 1. The van der Waals surface area contributed by atoms with E-state index in [0.717, 1.165) is 79.2 Å². The summed E-state index contributed by atoms with van der Waals surface area (Å²) in [7, 11) is 2.11. The first-order valence-electron chi connectivity index (χ1n) is 16.3. The Kier molecular flexibility index (Phi) is 8.40. The number of likely N-dealkylation sites (N-methyl/N-ethyl adjacent to an activating group) is 1. The second kappa shape index (κ2) is 12.6. The summed E-state index contributed by atoms with van der Waals surface area (Å²) in [6.45, 7) is 10.4. The van der Waals surface area contributed by atoms with Crippen LogP contribution in [0.3, 0.4) is 0 Å². The predicted octanol–water partition coefficient (Wildman–Crippen LogP) is 8.09. The molecule has 6 nitrogen and oxygen atoms in total. The number of anilines is 1. The van der Waals surface area contributed by atoms with Gasteiger partial charge in [0.25, 0.3) is 0 Å². The molecule has 2 fully saturated rings. The molecule has 3 aromatic rings. The molecule has 1 saturated carbocycles. The SMILES string of the molecule is C=C(CC(=O)c1cc(-c2csc3c(=O)cc(N4CCN(C)CC4)oc23)cc(OCCC)c1C1=C[CH]1)CC1=CC=CCC2CCC12. The van der Waals surface area contributed by atoms with Gasteiger partial charge in [-0.25, -0.2) is 0 Å². The first kappa shape index (κ1) is 30.0. The molecule has 3 heterocycles. The number of hydrogen-bond donors (Lipinski definition) is 0. The van der Waals surface area contributed by atoms with Crippen LogP contribution >= 0.6 is 11.3 Å². The zero-order valence-electron chi connectivity index (χ0n) is 26.3. The minimum Gasteiger partial charge on any atom is -0.493 e. The third-order valence-electron chi connectivity index (χ3n) is 9.69. The lowest BCUT2D eigenvalue weighted by Gasteiger charge is -2.37. The van der Waals surface area contributed by atoms with Gasteiger partial charge in [-0.15, -0.1) is 11.3 Å². The zero-order chi connectivity index (χ0) is 31.1. The second-order valence-corrected chi connectivity index (χ2v) is 13.8. The molecular formula is C38H41N2O4S. The molecule has 0 amide bonds. The van der Waals surface area contributed by atoms with E-state index in [1.165, 1.54) is 29.8 Å². The summed E-state index contributed by atoms with van der Waals surface area (Å²) in [5.74, 6) is 2.67. The summed E-state index contributed by atoms with van der Waals surface area (Å²) >= 11 is 1.39. The second-order valence-electron chi connectivity index (χ2n) is 13.0. The van der Waals surface area contributed by atoms with Gasteiger partial charge in [0.05, 0.1) is 6.61 Å². The Morgan fingerprint density at radius 2 is 1.96 bits per heavy atom. The van der Waals surface area contributed by atoms with Gasteiger partial charge in [-0.2, -0.15) is 0 Å². The maximum absolute atomic E-state index is 14.2. The molecule has 233 valence electrons. The molecule has 0 N–H and O–H groups in total. The molecule has 2 atom stereocenters. The standard InChI is InChI=1S/C38H41N2O4S/c1-4-17-43-34-21-28(31-23-45-38-33(42)22-35(44-37(31)38)40-15-13-39(3)14-16-40)20-30(36(34)26-9-10-26)32(41)19-24(2)18-27-8-6-5-7-25-11-12-29(25)27/h5-6,8-10,20-23,25,29H,2,4,7,11-19H2,1,3H3. The normalized spacial score (nSPS) is 21.1. The van der Waals surface area contributed by atoms with Crippen LogP contribution in [0.25, 0.3) is 27.0 Å². The van der Waals surface area contributed by atoms with E-state index < -0.39 is 0 Å². The number of ether oxygens (including phenoxy) is 1. The third kappa shape index (κ3) is 6.12. The molecule has 45 heavy (non-hydrogen) atoms. The fraction of sp³-hybridized carbons (Fsp3) is 0.395. The lowest BCUT2D eigenvalue weighted by molar-refractivity contribution is 0.0991. The number of piperazine rings is 1. The van der Waals surface area contributed by atoms with Crippen molar-refractivity contribution < 1.29 is 13.9 Å². The van der Waals surface area contributed by atoms with Crippen molar-refractivity contribution in [2.45, 2.75) is 45.4 Å². The Morgan fingerprint density at radius 3 is 2.69 bits per heavy atom. The van der Waals surface area contributed by atoms with E-state index in [1.807, 2.05) is 30.0 Å². The van der Waals surface area contributed by atoms with Crippen LogP contribution in [0.2, 0.25) is 0 Å². The highest BCUT2D eigenvalue weighted by Crippen LogP contribution is 2.46. The van der Waals surface area contributed by atoms with Crippen molar-refractivity contribution in [3.05, 3.63) is 93.4 Å². The lowest BCUT2D eigenvalue weighted by atomic mass is 9.67. The van der Waals surface area contributed by atoms with Crippen molar-refractivity contribution in [3.63, 3.8) is 0 Å². The monoisotopic (exact) mass is 621 g/mol. The van der Waals surface area contributed by atoms with E-state index in [1.54, 1.807) is 6.07 Å². The van der Waals surface area contributed by atoms with E-state index in [2.05, 4.69) is 48.6 Å². The van der Waals surface area contributed by atoms with Gasteiger partial charge in [0.2, 0.25) is 5.43 Å². The van der Waals surface area contributed by atoms with Crippen molar-refractivity contribution in [1.82, 2.24) is 4.90 Å². The molecule has 3 aliphatic carbocycles. The molecular weight excluding hydrogens is 580 g/mol. The van der Waals surface area contributed by atoms with Gasteiger partial charge >= 0.3 is 0 Å². The molecule has 4 aliphatic rings. The Bertz CT molecular complexity index is 1800. The number of ketones is 1. The average Bonchev–Trinajstić information content (AvgIpc) is 3.78. The Balaban J connectivity index is 1.24. The first-order valence-corrected chi connectivity index (χ1v) is 17.2. The van der Waals surface area contributed by atoms with E-state index in [-0.39, 0.29) is 17.6 Å². The first-order chi connectivity index (χ1) is 21.9. The number of carbonyl (C=O) groups is 1. The molecule has 1 aliphatic heterocycles. The van der Waals surface area contributed by atoms with Crippen LogP contribution < -0.4 is 15.1 Å². The lowest BCUT2D eigenvalue weighted by Crippen LogP contribution is -2.44. The molecule has 1 radical (unpaired) electrons. The van der Waals surface area contributed by atoms with Crippen molar-refractivity contribution in [2.24, 2.45) is 11.8 Å². The van der Waals surface area contributed by atoms with Crippen molar-refractivity contribution in [2.75, 3.05) is 44.7 Å². The summed E-state index contributed by atoms with van der Waals surface area (Å²) in [6.07, 6.45) is 16.3. The van der Waals surface area contributed by atoms with E-state index in [4.69, 9.17) is 9.15 Å². The van der Waals surface area contributed by atoms with Crippen LogP contribution in [0.4, 0.5) is 5.88 Å². The number of rotatable bonds is 11. The van der Waals surface area contributed by atoms with Gasteiger partial charge in [-0.1, -0.05) is 49.0 Å². The number of thiophene rings is 1. The smallest absolute Gasteiger partial charge is 0.204 e. The van der Waals surface area contributed by atoms with Crippen LogP contribution in [-0.4, -0.2) is 50.5 Å². The molecule has 0 spiro atoms. The number of hydrogen-bond acceptors (Lipinski definition) is 7. The number of carbonyl (C=O) groups excluding carboxylic acids is 1. The Morgan fingerprint density at radius 1 is 1.13 bits per heavy atom. The fourth-order valence-corrected chi connectivity index (χ4v) is 7.82. The van der Waals surface area contributed by atoms with Gasteiger partial charge in [0, 0.05) is 67.2 Å². The predicted molar refractivity (Wildman–Crippen MR) is 184 cm³/mol. The molecule has 2 unspecified atom stereocenters. The highest BCUT2D eigenvalue weighted by molar-refractivity contribution is 7.17.